The molecule has 0 bridgehead atoms. The second-order valence-electron chi connectivity index (χ2n) is 3.25. The van der Waals surface area contributed by atoms with Crippen LogP contribution in [0.5, 0.6) is 0 Å². The van der Waals surface area contributed by atoms with Crippen LogP contribution in [0, 0.1) is 0 Å². The minimum Gasteiger partial charge on any atom is -0.478 e. The van der Waals surface area contributed by atoms with Gasteiger partial charge >= 0.3 is 41.5 Å². The van der Waals surface area contributed by atoms with Crippen LogP contribution in [-0.4, -0.2) is 58.8 Å². The van der Waals surface area contributed by atoms with Crippen LogP contribution in [0.25, 0.3) is 0 Å². The molecule has 0 aromatic heterocycles. The summed E-state index contributed by atoms with van der Waals surface area (Å²) in [5.74, 6) is -2.25. The molecule has 0 atom stereocenters. The molecule has 0 heterocycles. The Morgan fingerprint density at radius 2 is 1.35 bits per heavy atom. The van der Waals surface area contributed by atoms with Gasteiger partial charge in [0.2, 0.25) is 0 Å². The van der Waals surface area contributed by atoms with Gasteiger partial charge in [0.05, 0.1) is 37.6 Å². The number of carboxylic acid groups (broad SMARTS) is 2. The molecular weight excluding hydrogens is 279 g/mol. The molecule has 1 aromatic rings. The van der Waals surface area contributed by atoms with Crippen molar-refractivity contribution < 1.29 is 64.3 Å². The van der Waals surface area contributed by atoms with Crippen molar-refractivity contribution in [2.45, 2.75) is 0 Å². The van der Waals surface area contributed by atoms with Crippen molar-refractivity contribution >= 4 is 11.9 Å². The predicted molar refractivity (Wildman–Crippen MR) is 65.4 cm³/mol. The van der Waals surface area contributed by atoms with Gasteiger partial charge in [0.15, 0.2) is 0 Å². The third-order valence-corrected chi connectivity index (χ3v) is 1.83. The molecular formula is C12H16NaO7+. The summed E-state index contributed by atoms with van der Waals surface area (Å²) >= 11 is 0. The maximum atomic E-state index is 10.4. The van der Waals surface area contributed by atoms with Crippen molar-refractivity contribution in [3.8, 4) is 0 Å². The van der Waals surface area contributed by atoms with Crippen LogP contribution in [-0.2, 0) is 4.74 Å². The number of ether oxygens (including phenoxy) is 1. The number of carboxylic acids is 2. The van der Waals surface area contributed by atoms with E-state index in [2.05, 4.69) is 4.74 Å². The fraction of sp³-hybridized carbons (Fsp3) is 0.333. The van der Waals surface area contributed by atoms with E-state index < -0.39 is 11.9 Å². The largest absolute Gasteiger partial charge is 1.00 e. The van der Waals surface area contributed by atoms with Gasteiger partial charge in [0.1, 0.15) is 0 Å². The van der Waals surface area contributed by atoms with Crippen molar-refractivity contribution in [1.82, 2.24) is 0 Å². The Hall–Kier alpha value is -0.960. The number of carbonyl (C=O) groups is 2. The Morgan fingerprint density at radius 3 is 1.65 bits per heavy atom. The van der Waals surface area contributed by atoms with Crippen LogP contribution in [0.3, 0.4) is 0 Å². The third kappa shape index (κ3) is 9.90. The summed E-state index contributed by atoms with van der Waals surface area (Å²) in [6.07, 6.45) is 0. The molecule has 0 unspecified atom stereocenters. The van der Waals surface area contributed by atoms with Crippen molar-refractivity contribution in [3.63, 3.8) is 0 Å². The number of hydrogen-bond acceptors (Lipinski definition) is 5. The Morgan fingerprint density at radius 1 is 0.950 bits per heavy atom. The summed E-state index contributed by atoms with van der Waals surface area (Å²) in [5, 5.41) is 33.2. The molecule has 0 aliphatic carbocycles. The second kappa shape index (κ2) is 13.0. The second-order valence-corrected chi connectivity index (χ2v) is 3.25. The van der Waals surface area contributed by atoms with Crippen LogP contribution in [0.2, 0.25) is 0 Å². The molecule has 0 aliphatic rings. The number of hydrogen-bond donors (Lipinski definition) is 4. The fourth-order valence-electron chi connectivity index (χ4n) is 1.02. The molecule has 0 radical (unpaired) electrons. The molecule has 1 aromatic carbocycles. The first kappa shape index (κ1) is 21.3. The monoisotopic (exact) mass is 295 g/mol. The number of aliphatic hydroxyl groups excluding tert-OH is 2. The first-order valence-electron chi connectivity index (χ1n) is 5.39. The van der Waals surface area contributed by atoms with E-state index in [0.717, 1.165) is 6.07 Å². The molecule has 0 spiro atoms. The number of aromatic carboxylic acids is 2. The molecule has 1 rings (SSSR count). The van der Waals surface area contributed by atoms with Gasteiger partial charge in [-0.05, 0) is 18.2 Å². The van der Waals surface area contributed by atoms with E-state index in [1.807, 2.05) is 0 Å². The molecule has 8 heteroatoms. The van der Waals surface area contributed by atoms with Crippen LogP contribution < -0.4 is 29.6 Å². The molecule has 20 heavy (non-hydrogen) atoms. The zero-order valence-corrected chi connectivity index (χ0v) is 13.2. The predicted octanol–water partition coefficient (Wildman–Crippen LogP) is -2.93. The quantitative estimate of drug-likeness (QED) is 0.327. The van der Waals surface area contributed by atoms with Gasteiger partial charge in [0, 0.05) is 0 Å². The van der Waals surface area contributed by atoms with Gasteiger partial charge in [0.25, 0.3) is 0 Å². The van der Waals surface area contributed by atoms with Crippen molar-refractivity contribution in [1.29, 1.82) is 0 Å². The average molecular weight is 295 g/mol. The standard InChI is InChI=1S/C8H6O4.C4H10O3.Na/c9-7(10)5-2-1-3-6(4-5)8(11)12;5-1-3-7-4-2-6;/h1-4H,(H,9,10)(H,11,12);5-6H,1-4H2;/q;;+1. The molecule has 106 valence electrons. The maximum absolute atomic E-state index is 10.4. The Labute approximate surface area is 138 Å². The molecule has 0 saturated heterocycles. The summed E-state index contributed by atoms with van der Waals surface area (Å²) in [4.78, 5) is 20.8. The molecule has 0 amide bonds. The van der Waals surface area contributed by atoms with Crippen LogP contribution >= 0.6 is 0 Å². The van der Waals surface area contributed by atoms with Gasteiger partial charge in [-0.1, -0.05) is 6.07 Å². The molecule has 4 N–H and O–H groups in total. The summed E-state index contributed by atoms with van der Waals surface area (Å²) in [7, 11) is 0. The summed E-state index contributed by atoms with van der Waals surface area (Å²) < 4.78 is 4.63. The normalized spacial score (nSPS) is 8.90. The van der Waals surface area contributed by atoms with Gasteiger partial charge in [-0.3, -0.25) is 0 Å². The third-order valence-electron chi connectivity index (χ3n) is 1.83. The van der Waals surface area contributed by atoms with Crippen molar-refractivity contribution in [3.05, 3.63) is 35.4 Å². The Bertz CT molecular complexity index is 375. The fourth-order valence-corrected chi connectivity index (χ4v) is 1.02. The maximum Gasteiger partial charge on any atom is 1.00 e. The summed E-state index contributed by atoms with van der Waals surface area (Å²) in [6.45, 7) is 0.696. The molecule has 0 fully saturated rings. The Balaban J connectivity index is 0. The van der Waals surface area contributed by atoms with E-state index in [4.69, 9.17) is 20.4 Å². The van der Waals surface area contributed by atoms with E-state index in [0.29, 0.717) is 13.2 Å². The van der Waals surface area contributed by atoms with Crippen LogP contribution in [0.4, 0.5) is 0 Å². The first-order valence-corrected chi connectivity index (χ1v) is 5.39. The zero-order valence-electron chi connectivity index (χ0n) is 11.2. The SMILES string of the molecule is O=C(O)c1cccc(C(=O)O)c1.OCCOCCO.[Na+]. The molecule has 7 nitrogen and oxygen atoms in total. The average Bonchev–Trinajstić information content (AvgIpc) is 2.40. The van der Waals surface area contributed by atoms with Crippen LogP contribution in [0.15, 0.2) is 24.3 Å². The van der Waals surface area contributed by atoms with E-state index in [1.165, 1.54) is 18.2 Å². The van der Waals surface area contributed by atoms with Crippen LogP contribution in [0.1, 0.15) is 20.7 Å². The van der Waals surface area contributed by atoms with Gasteiger partial charge in [-0.2, -0.15) is 0 Å². The van der Waals surface area contributed by atoms with Gasteiger partial charge < -0.3 is 25.2 Å². The molecule has 0 aliphatic heterocycles. The van der Waals surface area contributed by atoms with E-state index in [9.17, 15) is 9.59 Å². The number of aliphatic hydroxyl groups is 2. The number of rotatable bonds is 6. The minimum atomic E-state index is -1.13. The zero-order chi connectivity index (χ0) is 14.7. The first-order chi connectivity index (χ1) is 9.02. The topological polar surface area (TPSA) is 124 Å². The van der Waals surface area contributed by atoms with E-state index in [-0.39, 0.29) is 53.9 Å². The summed E-state index contributed by atoms with van der Waals surface area (Å²) in [6, 6.07) is 5.20. The molecule has 0 saturated carbocycles. The number of benzene rings is 1. The van der Waals surface area contributed by atoms with E-state index >= 15 is 0 Å². The van der Waals surface area contributed by atoms with Gasteiger partial charge in [-0.15, -0.1) is 0 Å². The van der Waals surface area contributed by atoms with Crippen molar-refractivity contribution in [2.24, 2.45) is 0 Å². The summed E-state index contributed by atoms with van der Waals surface area (Å²) in [5.41, 5.74) is -0.0372. The Kier molecular flexibility index (Phi) is 13.9. The van der Waals surface area contributed by atoms with Crippen molar-refractivity contribution in [2.75, 3.05) is 26.4 Å². The minimum absolute atomic E-state index is 0. The smallest absolute Gasteiger partial charge is 0.478 e. The van der Waals surface area contributed by atoms with Gasteiger partial charge in [-0.25, -0.2) is 9.59 Å². The van der Waals surface area contributed by atoms with E-state index in [1.54, 1.807) is 0 Å².